The number of aryl methyl sites for hydroxylation is 1. The van der Waals surface area contributed by atoms with Crippen LogP contribution < -0.4 is 9.64 Å². The summed E-state index contributed by atoms with van der Waals surface area (Å²) in [5.41, 5.74) is 1.11. The molecule has 120 valence electrons. The first kappa shape index (κ1) is 17.9. The average molecular weight is 314 g/mol. The minimum atomic E-state index is -0.834. The molecule has 1 aliphatic rings. The third kappa shape index (κ3) is 6.44. The van der Waals surface area contributed by atoms with Crippen molar-refractivity contribution in [1.82, 2.24) is 4.98 Å². The molecule has 5 nitrogen and oxygen atoms in total. The second-order valence-corrected chi connectivity index (χ2v) is 6.12. The molecule has 2 heterocycles. The van der Waals surface area contributed by atoms with Gasteiger partial charge in [0.2, 0.25) is 5.88 Å². The minimum Gasteiger partial charge on any atom is -0.477 e. The lowest BCUT2D eigenvalue weighted by atomic mass is 10.2. The molecule has 0 bridgehead atoms. The van der Waals surface area contributed by atoms with E-state index >= 15 is 0 Å². The molecule has 21 heavy (non-hydrogen) atoms. The number of aromatic nitrogens is 1. The van der Waals surface area contributed by atoms with Crippen LogP contribution in [0, 0.1) is 6.92 Å². The number of anilines is 1. The first-order valence-electron chi connectivity index (χ1n) is 7.39. The van der Waals surface area contributed by atoms with Crippen LogP contribution in [0.2, 0.25) is 0 Å². The Morgan fingerprint density at radius 3 is 2.62 bits per heavy atom. The molecule has 1 aliphatic heterocycles. The van der Waals surface area contributed by atoms with Crippen molar-refractivity contribution in [3.05, 3.63) is 17.7 Å². The highest BCUT2D eigenvalue weighted by molar-refractivity contribution is 7.84. The topological polar surface area (TPSA) is 51.7 Å². The molecule has 0 amide bonds. The Kier molecular flexibility index (Phi) is 8.30. The van der Waals surface area contributed by atoms with E-state index in [1.807, 2.05) is 26.8 Å². The summed E-state index contributed by atoms with van der Waals surface area (Å²) in [4.78, 5) is 6.70. The predicted octanol–water partition coefficient (Wildman–Crippen LogP) is 2.01. The molecule has 6 heteroatoms. The number of hydrogen-bond acceptors (Lipinski definition) is 5. The maximum absolute atomic E-state index is 11.0. The van der Waals surface area contributed by atoms with Gasteiger partial charge in [-0.1, -0.05) is 13.8 Å². The monoisotopic (exact) mass is 314 g/mol. The number of rotatable bonds is 5. The molecule has 0 radical (unpaired) electrons. The van der Waals surface area contributed by atoms with Gasteiger partial charge < -0.3 is 14.4 Å². The van der Waals surface area contributed by atoms with Gasteiger partial charge in [0.15, 0.2) is 0 Å². The van der Waals surface area contributed by atoms with Gasteiger partial charge in [-0.25, -0.2) is 0 Å². The Labute approximate surface area is 130 Å². The van der Waals surface area contributed by atoms with Crippen molar-refractivity contribution < 1.29 is 13.7 Å². The Balaban J connectivity index is 0.00000106. The maximum atomic E-state index is 11.0. The van der Waals surface area contributed by atoms with Crippen LogP contribution in [0.3, 0.4) is 0 Å². The van der Waals surface area contributed by atoms with Crippen LogP contribution >= 0.6 is 0 Å². The zero-order valence-corrected chi connectivity index (χ0v) is 14.2. The second-order valence-electron chi connectivity index (χ2n) is 4.57. The molecule has 1 saturated heterocycles. The van der Waals surface area contributed by atoms with Crippen LogP contribution in [0.25, 0.3) is 0 Å². The van der Waals surface area contributed by atoms with Gasteiger partial charge in [-0.3, -0.25) is 4.21 Å². The van der Waals surface area contributed by atoms with Gasteiger partial charge in [0.1, 0.15) is 12.4 Å². The van der Waals surface area contributed by atoms with E-state index in [9.17, 15) is 4.21 Å². The second kappa shape index (κ2) is 9.73. The van der Waals surface area contributed by atoms with Gasteiger partial charge in [-0.2, -0.15) is 4.98 Å². The third-order valence-corrected chi connectivity index (χ3v) is 3.63. The lowest BCUT2D eigenvalue weighted by Crippen LogP contribution is -2.36. The van der Waals surface area contributed by atoms with E-state index in [1.54, 1.807) is 6.26 Å². The van der Waals surface area contributed by atoms with E-state index in [2.05, 4.69) is 16.0 Å². The Hall–Kier alpha value is -1.14. The van der Waals surface area contributed by atoms with E-state index < -0.39 is 10.8 Å². The van der Waals surface area contributed by atoms with Crippen LogP contribution in [0.4, 0.5) is 5.82 Å². The maximum Gasteiger partial charge on any atom is 0.215 e. The van der Waals surface area contributed by atoms with Crippen molar-refractivity contribution in [3.8, 4) is 5.88 Å². The lowest BCUT2D eigenvalue weighted by molar-refractivity contribution is 0.122. The molecule has 0 aromatic carbocycles. The summed E-state index contributed by atoms with van der Waals surface area (Å²) in [7, 11) is -0.834. The van der Waals surface area contributed by atoms with E-state index in [0.29, 0.717) is 18.2 Å². The van der Waals surface area contributed by atoms with Gasteiger partial charge in [0, 0.05) is 36.2 Å². The zero-order chi connectivity index (χ0) is 15.7. The van der Waals surface area contributed by atoms with Crippen molar-refractivity contribution >= 4 is 16.6 Å². The van der Waals surface area contributed by atoms with E-state index in [1.165, 1.54) is 0 Å². The van der Waals surface area contributed by atoms with Crippen molar-refractivity contribution in [3.63, 3.8) is 0 Å². The molecular formula is C15H26N2O3S. The van der Waals surface area contributed by atoms with Crippen molar-refractivity contribution in [2.45, 2.75) is 20.8 Å². The van der Waals surface area contributed by atoms with E-state index in [0.717, 1.165) is 37.7 Å². The number of ether oxygens (including phenoxy) is 2. The summed E-state index contributed by atoms with van der Waals surface area (Å²) < 4.78 is 21.9. The molecule has 2 rings (SSSR count). The summed E-state index contributed by atoms with van der Waals surface area (Å²) in [6.45, 7) is 9.64. The first-order chi connectivity index (χ1) is 10.1. The fourth-order valence-corrected chi connectivity index (χ4v) is 2.23. The standard InChI is InChI=1S/C13H20N2O3S.C2H6/c1-11-9-12(15-3-5-17-6-4-15)14-13(10-11)18-7-8-19(2)16;1-2/h9-10H,3-8H2,1-2H3;1-2H3. The Morgan fingerprint density at radius 1 is 1.33 bits per heavy atom. The summed E-state index contributed by atoms with van der Waals surface area (Å²) in [6, 6.07) is 3.96. The quantitative estimate of drug-likeness (QED) is 0.832. The number of pyridine rings is 1. The molecule has 0 saturated carbocycles. The van der Waals surface area contributed by atoms with Gasteiger partial charge in [0.05, 0.1) is 19.0 Å². The minimum absolute atomic E-state index is 0.433. The molecule has 0 N–H and O–H groups in total. The van der Waals surface area contributed by atoms with Gasteiger partial charge in [-0.15, -0.1) is 0 Å². The van der Waals surface area contributed by atoms with Crippen molar-refractivity contribution in [2.75, 3.05) is 49.8 Å². The molecular weight excluding hydrogens is 288 g/mol. The number of nitrogens with zero attached hydrogens (tertiary/aromatic N) is 2. The SMILES string of the molecule is CC.Cc1cc(OCCS(C)=O)nc(N2CCOCC2)c1. The fourth-order valence-electron chi connectivity index (χ4n) is 1.91. The van der Waals surface area contributed by atoms with E-state index in [-0.39, 0.29) is 0 Å². The zero-order valence-electron chi connectivity index (χ0n) is 13.4. The molecule has 1 aromatic heterocycles. The first-order valence-corrected chi connectivity index (χ1v) is 9.12. The van der Waals surface area contributed by atoms with Crippen molar-refractivity contribution in [2.24, 2.45) is 0 Å². The largest absolute Gasteiger partial charge is 0.477 e. The molecule has 1 atom stereocenters. The smallest absolute Gasteiger partial charge is 0.215 e. The normalized spacial score (nSPS) is 15.9. The predicted molar refractivity (Wildman–Crippen MR) is 87.8 cm³/mol. The average Bonchev–Trinajstić information content (AvgIpc) is 2.49. The summed E-state index contributed by atoms with van der Waals surface area (Å²) in [6.07, 6.45) is 1.67. The van der Waals surface area contributed by atoms with Crippen LogP contribution in [0.1, 0.15) is 19.4 Å². The van der Waals surface area contributed by atoms with Crippen LogP contribution in [-0.4, -0.2) is 54.1 Å². The molecule has 1 unspecified atom stereocenters. The van der Waals surface area contributed by atoms with Gasteiger partial charge in [0.25, 0.3) is 0 Å². The molecule has 1 fully saturated rings. The Bertz CT molecular complexity index is 449. The van der Waals surface area contributed by atoms with Crippen molar-refractivity contribution in [1.29, 1.82) is 0 Å². The molecule has 0 spiro atoms. The highest BCUT2D eigenvalue weighted by atomic mass is 32.2. The lowest BCUT2D eigenvalue weighted by Gasteiger charge is -2.28. The highest BCUT2D eigenvalue weighted by Crippen LogP contribution is 2.20. The molecule has 1 aromatic rings. The van der Waals surface area contributed by atoms with Gasteiger partial charge in [-0.05, 0) is 18.6 Å². The van der Waals surface area contributed by atoms with Crippen LogP contribution in [0.5, 0.6) is 5.88 Å². The molecule has 0 aliphatic carbocycles. The fraction of sp³-hybridized carbons (Fsp3) is 0.667. The summed E-state index contributed by atoms with van der Waals surface area (Å²) >= 11 is 0. The highest BCUT2D eigenvalue weighted by Gasteiger charge is 2.13. The van der Waals surface area contributed by atoms with E-state index in [4.69, 9.17) is 9.47 Å². The number of hydrogen-bond donors (Lipinski definition) is 0. The Morgan fingerprint density at radius 2 is 2.00 bits per heavy atom. The van der Waals surface area contributed by atoms with Crippen LogP contribution in [-0.2, 0) is 15.5 Å². The summed E-state index contributed by atoms with van der Waals surface area (Å²) in [5, 5.41) is 0. The van der Waals surface area contributed by atoms with Gasteiger partial charge >= 0.3 is 0 Å². The number of morpholine rings is 1. The summed E-state index contributed by atoms with van der Waals surface area (Å²) in [5.74, 6) is 2.06. The third-order valence-electron chi connectivity index (χ3n) is 2.89. The van der Waals surface area contributed by atoms with Crippen LogP contribution in [0.15, 0.2) is 12.1 Å².